The van der Waals surface area contributed by atoms with Crippen LogP contribution in [-0.2, 0) is 17.3 Å². The van der Waals surface area contributed by atoms with E-state index in [1.807, 2.05) is 22.7 Å². The van der Waals surface area contributed by atoms with Crippen molar-refractivity contribution in [2.24, 2.45) is 0 Å². The smallest absolute Gasteiger partial charge is 0.0728 e. The maximum Gasteiger partial charge on any atom is 0.0728 e. The Hall–Kier alpha value is -7.88. The highest BCUT2D eigenvalue weighted by Gasteiger charge is 2.50. The molecular formula is C69H46S2. The molecular weight excluding hydrogens is 893 g/mol. The maximum atomic E-state index is 2.59. The van der Waals surface area contributed by atoms with Crippen molar-refractivity contribution < 1.29 is 0 Å². The molecule has 2 aromatic heterocycles. The van der Waals surface area contributed by atoms with Gasteiger partial charge in [-0.2, -0.15) is 0 Å². The lowest BCUT2D eigenvalue weighted by Crippen LogP contribution is -2.28. The second-order valence-electron chi connectivity index (χ2n) is 19.8. The summed E-state index contributed by atoms with van der Waals surface area (Å²) in [5.74, 6) is 0. The average Bonchev–Trinajstić information content (AvgIpc) is 4.18. The normalized spacial score (nSPS) is 14.7. The summed E-state index contributed by atoms with van der Waals surface area (Å²) in [5.41, 5.74) is 21.8. The number of allylic oxidation sites excluding steroid dienone is 1. The molecule has 3 aliphatic carbocycles. The standard InChI is InChI=1S/C69H46S2/c1-43-34-37-52-57(40-43)63(45-36-39-54-59(42-45)69(48-24-10-4-11-25-48,49-26-12-5-13-27-49)65-56-31-17-19-33-61(56)71-67(54)65)51-29-15-14-28-50(51)62(52)44-35-38-53-58(41-44)68(46-20-6-2-7-21-46,47-22-8-3-9-23-47)64-55-30-16-18-32-60(55)70-66(53)64/h2-33,35-36,38-42H,34,37H2,1H3. The van der Waals surface area contributed by atoms with Gasteiger partial charge in [0.05, 0.1) is 10.8 Å². The van der Waals surface area contributed by atoms with Crippen LogP contribution in [0.15, 0.2) is 236 Å². The molecule has 0 aliphatic heterocycles. The van der Waals surface area contributed by atoms with Crippen LogP contribution in [0.25, 0.3) is 80.2 Å². The van der Waals surface area contributed by atoms with E-state index >= 15 is 0 Å². The Morgan fingerprint density at radius 1 is 0.366 bits per heavy atom. The molecule has 0 spiro atoms. The van der Waals surface area contributed by atoms with E-state index in [0.717, 1.165) is 12.8 Å². The predicted octanol–water partition coefficient (Wildman–Crippen LogP) is 18.7. The Bertz CT molecular complexity index is 4070. The van der Waals surface area contributed by atoms with Gasteiger partial charge in [0.2, 0.25) is 0 Å². The third-order valence-electron chi connectivity index (χ3n) is 16.2. The van der Waals surface area contributed by atoms with Crippen LogP contribution in [0.2, 0.25) is 0 Å². The van der Waals surface area contributed by atoms with E-state index in [-0.39, 0.29) is 0 Å². The topological polar surface area (TPSA) is 0 Å². The molecule has 0 bridgehead atoms. The van der Waals surface area contributed by atoms with Gasteiger partial charge in [0.1, 0.15) is 0 Å². The summed E-state index contributed by atoms with van der Waals surface area (Å²) in [5, 5.41) is 5.27. The summed E-state index contributed by atoms with van der Waals surface area (Å²) in [6.45, 7) is 2.33. The first-order valence-corrected chi connectivity index (χ1v) is 26.6. The van der Waals surface area contributed by atoms with Gasteiger partial charge in [-0.25, -0.2) is 0 Å². The van der Waals surface area contributed by atoms with Gasteiger partial charge in [-0.1, -0.05) is 218 Å². The van der Waals surface area contributed by atoms with Crippen molar-refractivity contribution in [3.63, 3.8) is 0 Å². The molecule has 0 amide bonds. The van der Waals surface area contributed by atoms with Gasteiger partial charge in [-0.05, 0) is 155 Å². The van der Waals surface area contributed by atoms with Crippen LogP contribution in [0, 0.1) is 0 Å². The molecule has 0 N–H and O–H groups in total. The molecule has 3 aliphatic rings. The van der Waals surface area contributed by atoms with Gasteiger partial charge >= 0.3 is 0 Å². The van der Waals surface area contributed by atoms with E-state index in [4.69, 9.17) is 0 Å². The lowest BCUT2D eigenvalue weighted by molar-refractivity contribution is 0.777. The molecule has 10 aromatic carbocycles. The molecule has 0 fully saturated rings. The van der Waals surface area contributed by atoms with Crippen LogP contribution >= 0.6 is 22.7 Å². The Morgan fingerprint density at radius 2 is 0.746 bits per heavy atom. The second-order valence-corrected chi connectivity index (χ2v) is 21.9. The fourth-order valence-corrected chi connectivity index (χ4v) is 16.0. The minimum Gasteiger partial charge on any atom is -0.135 e. The molecule has 0 unspecified atom stereocenters. The number of rotatable bonds is 6. The number of benzene rings is 10. The molecule has 12 aromatic rings. The summed E-state index contributed by atoms with van der Waals surface area (Å²) in [6.07, 6.45) is 4.54. The Kier molecular flexibility index (Phi) is 8.98. The molecule has 0 radical (unpaired) electrons. The summed E-state index contributed by atoms with van der Waals surface area (Å²) in [6, 6.07) is 87.6. The van der Waals surface area contributed by atoms with Crippen LogP contribution in [0.3, 0.4) is 0 Å². The summed E-state index contributed by atoms with van der Waals surface area (Å²) in [7, 11) is 0. The number of hydrogen-bond donors (Lipinski definition) is 0. The molecule has 334 valence electrons. The average molecular weight is 939 g/mol. The van der Waals surface area contributed by atoms with Gasteiger partial charge in [-0.3, -0.25) is 0 Å². The number of fused-ring (bicyclic) bond motifs is 12. The van der Waals surface area contributed by atoms with E-state index < -0.39 is 10.8 Å². The lowest BCUT2D eigenvalue weighted by Gasteiger charge is -2.34. The zero-order chi connectivity index (χ0) is 46.8. The van der Waals surface area contributed by atoms with Crippen LogP contribution in [-0.4, -0.2) is 0 Å². The van der Waals surface area contributed by atoms with E-state index in [9.17, 15) is 0 Å². The van der Waals surface area contributed by atoms with Gasteiger partial charge in [0.25, 0.3) is 0 Å². The van der Waals surface area contributed by atoms with Crippen molar-refractivity contribution in [2.75, 3.05) is 0 Å². The van der Waals surface area contributed by atoms with Crippen LogP contribution in [0.1, 0.15) is 69.0 Å². The van der Waals surface area contributed by atoms with Gasteiger partial charge in [0.15, 0.2) is 0 Å². The summed E-state index contributed by atoms with van der Waals surface area (Å²) < 4.78 is 2.67. The highest BCUT2D eigenvalue weighted by Crippen LogP contribution is 2.64. The predicted molar refractivity (Wildman–Crippen MR) is 302 cm³/mol. The Balaban J connectivity index is 1.01. The van der Waals surface area contributed by atoms with Crippen molar-refractivity contribution in [3.8, 4) is 43.1 Å². The van der Waals surface area contributed by atoms with Crippen LogP contribution < -0.4 is 0 Å². The lowest BCUT2D eigenvalue weighted by atomic mass is 9.66. The molecule has 0 saturated carbocycles. The maximum absolute atomic E-state index is 2.59. The Labute approximate surface area is 422 Å². The number of thiophene rings is 2. The number of hydrogen-bond acceptors (Lipinski definition) is 2. The fraction of sp³-hybridized carbons (Fsp3) is 0.0725. The monoisotopic (exact) mass is 938 g/mol. The minimum absolute atomic E-state index is 0.503. The summed E-state index contributed by atoms with van der Waals surface area (Å²) in [4.78, 5) is 2.75. The van der Waals surface area contributed by atoms with Crippen molar-refractivity contribution in [1.82, 2.24) is 0 Å². The summed E-state index contributed by atoms with van der Waals surface area (Å²) >= 11 is 3.88. The van der Waals surface area contributed by atoms with E-state index in [1.165, 1.54) is 135 Å². The van der Waals surface area contributed by atoms with Crippen molar-refractivity contribution in [3.05, 3.63) is 292 Å². The van der Waals surface area contributed by atoms with Crippen molar-refractivity contribution in [2.45, 2.75) is 30.6 Å². The first-order valence-electron chi connectivity index (χ1n) is 25.0. The molecule has 15 rings (SSSR count). The van der Waals surface area contributed by atoms with Crippen LogP contribution in [0.4, 0.5) is 0 Å². The van der Waals surface area contributed by atoms with E-state index in [2.05, 4.69) is 244 Å². The molecule has 2 heteroatoms. The first-order chi connectivity index (χ1) is 35.1. The van der Waals surface area contributed by atoms with Crippen molar-refractivity contribution in [1.29, 1.82) is 0 Å². The van der Waals surface area contributed by atoms with Crippen LogP contribution in [0.5, 0.6) is 0 Å². The van der Waals surface area contributed by atoms with Gasteiger partial charge < -0.3 is 0 Å². The second kappa shape index (κ2) is 15.6. The largest absolute Gasteiger partial charge is 0.135 e. The SMILES string of the molecule is CC1=Cc2c(c(-c3ccc4c(c3)C(c3ccccc3)(c3ccccc3)c3c-4sc4ccccc34)c3ccccc3c2-c2ccc3c(c2)C(c2ccccc2)(c2ccccc2)c2c-3sc3ccccc23)CC1. The quantitative estimate of drug-likeness (QED) is 0.156. The third-order valence-corrected chi connectivity index (χ3v) is 18.6. The molecule has 71 heavy (non-hydrogen) atoms. The molecule has 0 atom stereocenters. The molecule has 2 heterocycles. The van der Waals surface area contributed by atoms with E-state index in [0.29, 0.717) is 0 Å². The fourth-order valence-electron chi connectivity index (χ4n) is 13.4. The zero-order valence-corrected chi connectivity index (χ0v) is 40.9. The molecule has 0 nitrogen and oxygen atoms in total. The highest BCUT2D eigenvalue weighted by atomic mass is 32.1. The third kappa shape index (κ3) is 5.61. The highest BCUT2D eigenvalue weighted by molar-refractivity contribution is 7.23. The van der Waals surface area contributed by atoms with Gasteiger partial charge in [0, 0.05) is 19.2 Å². The minimum atomic E-state index is -0.508. The first kappa shape index (κ1) is 41.0. The zero-order valence-electron chi connectivity index (χ0n) is 39.2. The van der Waals surface area contributed by atoms with Gasteiger partial charge in [-0.15, -0.1) is 22.7 Å². The van der Waals surface area contributed by atoms with Crippen molar-refractivity contribution >= 4 is 59.7 Å². The molecule has 0 saturated heterocycles. The Morgan fingerprint density at radius 3 is 1.20 bits per heavy atom. The van der Waals surface area contributed by atoms with E-state index in [1.54, 1.807) is 0 Å².